The van der Waals surface area contributed by atoms with Gasteiger partial charge < -0.3 is 14.4 Å². The predicted molar refractivity (Wildman–Crippen MR) is 76.5 cm³/mol. The summed E-state index contributed by atoms with van der Waals surface area (Å²) in [6, 6.07) is 5.15. The van der Waals surface area contributed by atoms with E-state index >= 15 is 0 Å². The Labute approximate surface area is 123 Å². The maximum Gasteiger partial charge on any atom is 0.231 e. The molecule has 0 saturated carbocycles. The number of nitrogens with zero attached hydrogens (tertiary/aromatic N) is 1. The average Bonchev–Trinajstić information content (AvgIpc) is 3.05. The van der Waals surface area contributed by atoms with Crippen molar-refractivity contribution in [2.45, 2.75) is 26.2 Å². The van der Waals surface area contributed by atoms with Gasteiger partial charge in [0.1, 0.15) is 0 Å². The molecule has 0 N–H and O–H groups in total. The molecule has 21 heavy (non-hydrogen) atoms. The van der Waals surface area contributed by atoms with Crippen molar-refractivity contribution in [3.8, 4) is 11.5 Å². The number of carbonyl (C=O) groups is 2. The molecule has 0 aromatic heterocycles. The molecule has 2 aliphatic rings. The summed E-state index contributed by atoms with van der Waals surface area (Å²) >= 11 is 0. The molecule has 0 bridgehead atoms. The van der Waals surface area contributed by atoms with E-state index in [1.807, 2.05) is 0 Å². The highest BCUT2D eigenvalue weighted by Crippen LogP contribution is 2.32. The molecule has 0 radical (unpaired) electrons. The average molecular weight is 289 g/mol. The normalized spacial score (nSPS) is 20.1. The lowest BCUT2D eigenvalue weighted by Crippen LogP contribution is -2.31. The molecule has 1 aromatic rings. The molecule has 5 heteroatoms. The third-order valence-corrected chi connectivity index (χ3v) is 4.02. The second-order valence-corrected chi connectivity index (χ2v) is 5.62. The standard InChI is InChI=1S/C16H19NO4/c1-2-3-11-6-16(19)17(8-11)9-13(18)12-4-5-14-15(7-12)21-10-20-14/h4-5,7,11H,2-3,6,8-10H2,1H3. The molecular weight excluding hydrogens is 270 g/mol. The van der Waals surface area contributed by atoms with Crippen LogP contribution in [0.1, 0.15) is 36.5 Å². The summed E-state index contributed by atoms with van der Waals surface area (Å²) < 4.78 is 10.5. The maximum atomic E-state index is 12.3. The topological polar surface area (TPSA) is 55.8 Å². The Morgan fingerprint density at radius 2 is 2.14 bits per heavy atom. The summed E-state index contributed by atoms with van der Waals surface area (Å²) in [7, 11) is 0. The van der Waals surface area contributed by atoms with Crippen LogP contribution in [0.25, 0.3) is 0 Å². The number of benzene rings is 1. The van der Waals surface area contributed by atoms with Gasteiger partial charge in [0, 0.05) is 18.5 Å². The Kier molecular flexibility index (Phi) is 3.82. The molecule has 1 aromatic carbocycles. The van der Waals surface area contributed by atoms with Crippen LogP contribution in [0.3, 0.4) is 0 Å². The third kappa shape index (κ3) is 2.86. The maximum absolute atomic E-state index is 12.3. The molecule has 1 atom stereocenters. The summed E-state index contributed by atoms with van der Waals surface area (Å²) in [5.41, 5.74) is 0.561. The van der Waals surface area contributed by atoms with Gasteiger partial charge >= 0.3 is 0 Å². The molecule has 112 valence electrons. The lowest BCUT2D eigenvalue weighted by atomic mass is 10.0. The number of Topliss-reactive ketones (excluding diaryl/α,β-unsaturated/α-hetero) is 1. The Hall–Kier alpha value is -2.04. The van der Waals surface area contributed by atoms with E-state index in [9.17, 15) is 9.59 Å². The van der Waals surface area contributed by atoms with Crippen LogP contribution in [-0.2, 0) is 4.79 Å². The van der Waals surface area contributed by atoms with Crippen LogP contribution in [0, 0.1) is 5.92 Å². The van der Waals surface area contributed by atoms with Gasteiger partial charge in [0.2, 0.25) is 12.7 Å². The second-order valence-electron chi connectivity index (χ2n) is 5.62. The minimum absolute atomic E-state index is 0.0567. The van der Waals surface area contributed by atoms with Crippen LogP contribution in [0.2, 0.25) is 0 Å². The van der Waals surface area contributed by atoms with E-state index in [1.54, 1.807) is 23.1 Å². The van der Waals surface area contributed by atoms with E-state index < -0.39 is 0 Å². The quantitative estimate of drug-likeness (QED) is 0.780. The van der Waals surface area contributed by atoms with Crippen molar-refractivity contribution in [3.63, 3.8) is 0 Å². The Balaban J connectivity index is 1.65. The molecule has 3 rings (SSSR count). The Bertz CT molecular complexity index is 569. The molecule has 2 aliphatic heterocycles. The first-order valence-electron chi connectivity index (χ1n) is 7.38. The van der Waals surface area contributed by atoms with Crippen molar-refractivity contribution in [1.29, 1.82) is 0 Å². The minimum Gasteiger partial charge on any atom is -0.454 e. The van der Waals surface area contributed by atoms with Gasteiger partial charge in [-0.15, -0.1) is 0 Å². The summed E-state index contributed by atoms with van der Waals surface area (Å²) in [6.07, 6.45) is 2.69. The number of carbonyl (C=O) groups excluding carboxylic acids is 2. The SMILES string of the molecule is CCCC1CC(=O)N(CC(=O)c2ccc3c(c2)OCO3)C1. The van der Waals surface area contributed by atoms with Gasteiger partial charge in [-0.3, -0.25) is 9.59 Å². The van der Waals surface area contributed by atoms with E-state index in [-0.39, 0.29) is 25.0 Å². The number of hydrogen-bond donors (Lipinski definition) is 0. The lowest BCUT2D eigenvalue weighted by molar-refractivity contribution is -0.127. The number of likely N-dealkylation sites (tertiary alicyclic amines) is 1. The van der Waals surface area contributed by atoms with Crippen LogP contribution in [0.5, 0.6) is 11.5 Å². The zero-order valence-corrected chi connectivity index (χ0v) is 12.1. The molecule has 1 saturated heterocycles. The van der Waals surface area contributed by atoms with Gasteiger partial charge in [-0.05, 0) is 30.5 Å². The third-order valence-electron chi connectivity index (χ3n) is 4.02. The van der Waals surface area contributed by atoms with Gasteiger partial charge in [-0.1, -0.05) is 13.3 Å². The first-order chi connectivity index (χ1) is 10.2. The summed E-state index contributed by atoms with van der Waals surface area (Å²) in [6.45, 7) is 3.16. The van der Waals surface area contributed by atoms with Gasteiger partial charge in [0.15, 0.2) is 17.3 Å². The first kappa shape index (κ1) is 13.9. The van der Waals surface area contributed by atoms with Crippen molar-refractivity contribution in [2.24, 2.45) is 5.92 Å². The number of hydrogen-bond acceptors (Lipinski definition) is 4. The zero-order valence-electron chi connectivity index (χ0n) is 12.1. The highest BCUT2D eigenvalue weighted by molar-refractivity contribution is 6.00. The van der Waals surface area contributed by atoms with Crippen molar-refractivity contribution >= 4 is 11.7 Å². The van der Waals surface area contributed by atoms with Gasteiger partial charge in [-0.25, -0.2) is 0 Å². The number of ether oxygens (including phenoxy) is 2. The fourth-order valence-electron chi connectivity index (χ4n) is 2.94. The minimum atomic E-state index is -0.0567. The number of rotatable bonds is 5. The summed E-state index contributed by atoms with van der Waals surface area (Å²) in [5.74, 6) is 1.68. The molecule has 0 aliphatic carbocycles. The lowest BCUT2D eigenvalue weighted by Gasteiger charge is -2.15. The van der Waals surface area contributed by atoms with Crippen molar-refractivity contribution in [3.05, 3.63) is 23.8 Å². The summed E-state index contributed by atoms with van der Waals surface area (Å²) in [5, 5.41) is 0. The molecule has 0 spiro atoms. The van der Waals surface area contributed by atoms with Crippen molar-refractivity contribution < 1.29 is 19.1 Å². The van der Waals surface area contributed by atoms with E-state index in [0.29, 0.717) is 35.9 Å². The largest absolute Gasteiger partial charge is 0.454 e. The van der Waals surface area contributed by atoms with Crippen LogP contribution in [-0.4, -0.2) is 36.5 Å². The Morgan fingerprint density at radius 1 is 1.33 bits per heavy atom. The van der Waals surface area contributed by atoms with E-state index in [0.717, 1.165) is 12.8 Å². The highest BCUT2D eigenvalue weighted by atomic mass is 16.7. The molecule has 5 nitrogen and oxygen atoms in total. The van der Waals surface area contributed by atoms with E-state index in [2.05, 4.69) is 6.92 Å². The highest BCUT2D eigenvalue weighted by Gasteiger charge is 2.30. The fourth-order valence-corrected chi connectivity index (χ4v) is 2.94. The number of ketones is 1. The van der Waals surface area contributed by atoms with Crippen LogP contribution in [0.4, 0.5) is 0 Å². The predicted octanol–water partition coefficient (Wildman–Crippen LogP) is 2.25. The molecular formula is C16H19NO4. The molecule has 2 heterocycles. The number of fused-ring (bicyclic) bond motifs is 1. The monoisotopic (exact) mass is 289 g/mol. The zero-order chi connectivity index (χ0) is 14.8. The van der Waals surface area contributed by atoms with Crippen molar-refractivity contribution in [2.75, 3.05) is 19.9 Å². The van der Waals surface area contributed by atoms with Crippen molar-refractivity contribution in [1.82, 2.24) is 4.90 Å². The van der Waals surface area contributed by atoms with Crippen LogP contribution in [0.15, 0.2) is 18.2 Å². The molecule has 1 unspecified atom stereocenters. The molecule has 1 amide bonds. The Morgan fingerprint density at radius 3 is 2.95 bits per heavy atom. The van der Waals surface area contributed by atoms with E-state index in [4.69, 9.17) is 9.47 Å². The van der Waals surface area contributed by atoms with Gasteiger partial charge in [0.25, 0.3) is 0 Å². The number of amides is 1. The smallest absolute Gasteiger partial charge is 0.231 e. The van der Waals surface area contributed by atoms with Crippen LogP contribution >= 0.6 is 0 Å². The molecule has 1 fully saturated rings. The fraction of sp³-hybridized carbons (Fsp3) is 0.500. The van der Waals surface area contributed by atoms with Gasteiger partial charge in [0.05, 0.1) is 6.54 Å². The van der Waals surface area contributed by atoms with Gasteiger partial charge in [-0.2, -0.15) is 0 Å². The summed E-state index contributed by atoms with van der Waals surface area (Å²) in [4.78, 5) is 25.9. The van der Waals surface area contributed by atoms with E-state index in [1.165, 1.54) is 0 Å². The first-order valence-corrected chi connectivity index (χ1v) is 7.38. The second kappa shape index (κ2) is 5.76. The van der Waals surface area contributed by atoms with Crippen LogP contribution < -0.4 is 9.47 Å².